The van der Waals surface area contributed by atoms with Crippen molar-refractivity contribution >= 4 is 5.69 Å². The fraction of sp³-hybridized carbons (Fsp3) is 0.333. The van der Waals surface area contributed by atoms with Gasteiger partial charge < -0.3 is 5.11 Å². The number of halogens is 2. The fourth-order valence-corrected chi connectivity index (χ4v) is 4.45. The molecule has 1 unspecified atom stereocenters. The van der Waals surface area contributed by atoms with Crippen molar-refractivity contribution in [2.45, 2.75) is 44.1 Å². The van der Waals surface area contributed by atoms with Gasteiger partial charge in [0.2, 0.25) is 0 Å². The number of aromatic nitrogens is 6. The molecule has 2 aromatic carbocycles. The van der Waals surface area contributed by atoms with Gasteiger partial charge in [0.15, 0.2) is 0 Å². The van der Waals surface area contributed by atoms with Gasteiger partial charge in [0.05, 0.1) is 35.5 Å². The molecule has 0 radical (unpaired) electrons. The van der Waals surface area contributed by atoms with Crippen LogP contribution in [0.3, 0.4) is 0 Å². The van der Waals surface area contributed by atoms with Gasteiger partial charge in [-0.1, -0.05) is 29.5 Å². The number of nitrogens with zero attached hydrogens (tertiary/aromatic N) is 8. The van der Waals surface area contributed by atoms with Crippen LogP contribution in [0.1, 0.15) is 29.7 Å². The zero-order chi connectivity index (χ0) is 26.0. The third-order valence-corrected chi connectivity index (χ3v) is 6.32. The Balaban J connectivity index is 1.37. The average Bonchev–Trinajstić information content (AvgIpc) is 3.42. The molecule has 0 spiro atoms. The number of benzene rings is 2. The smallest absolute Gasteiger partial charge is 0.274 e. The summed E-state index contributed by atoms with van der Waals surface area (Å²) >= 11 is 0. The SMILES string of the molecule is O=[N+]([O-])c1ccccc1Cn1cc(CN(CC(O)(Cn2cncn2)c2ccc(F)cc2F)C2CC2)nn1. The van der Waals surface area contributed by atoms with Crippen molar-refractivity contribution in [3.63, 3.8) is 0 Å². The number of nitro groups is 1. The van der Waals surface area contributed by atoms with Crippen LogP contribution < -0.4 is 0 Å². The maximum Gasteiger partial charge on any atom is 0.274 e. The molecule has 1 fully saturated rings. The highest BCUT2D eigenvalue weighted by molar-refractivity contribution is 5.39. The number of aliphatic hydroxyl groups is 1. The van der Waals surface area contributed by atoms with Crippen LogP contribution in [0.5, 0.6) is 0 Å². The molecule has 1 atom stereocenters. The lowest BCUT2D eigenvalue weighted by Gasteiger charge is -2.34. The molecular weight excluding hydrogens is 486 g/mol. The number of nitro benzene ring substituents is 1. The Morgan fingerprint density at radius 3 is 2.70 bits per heavy atom. The molecule has 0 bridgehead atoms. The number of rotatable bonds is 11. The van der Waals surface area contributed by atoms with Crippen molar-refractivity contribution in [1.29, 1.82) is 0 Å². The second-order valence-corrected chi connectivity index (χ2v) is 9.18. The molecule has 0 saturated heterocycles. The molecule has 2 aromatic heterocycles. The van der Waals surface area contributed by atoms with E-state index < -0.39 is 22.2 Å². The highest BCUT2D eigenvalue weighted by Crippen LogP contribution is 2.34. The summed E-state index contributed by atoms with van der Waals surface area (Å²) in [5, 5.41) is 35.4. The molecular formula is C24H24F2N8O3. The molecule has 0 amide bonds. The summed E-state index contributed by atoms with van der Waals surface area (Å²) in [6.45, 7) is 0.412. The van der Waals surface area contributed by atoms with Crippen LogP contribution >= 0.6 is 0 Å². The third-order valence-electron chi connectivity index (χ3n) is 6.32. The molecule has 4 aromatic rings. The molecule has 11 nitrogen and oxygen atoms in total. The topological polar surface area (TPSA) is 128 Å². The van der Waals surface area contributed by atoms with Crippen LogP contribution in [0.15, 0.2) is 61.3 Å². The van der Waals surface area contributed by atoms with Crippen molar-refractivity contribution in [2.75, 3.05) is 6.54 Å². The lowest BCUT2D eigenvalue weighted by Crippen LogP contribution is -2.45. The van der Waals surface area contributed by atoms with Crippen molar-refractivity contribution in [1.82, 2.24) is 34.7 Å². The Morgan fingerprint density at radius 1 is 1.19 bits per heavy atom. The van der Waals surface area contributed by atoms with Crippen molar-refractivity contribution < 1.29 is 18.8 Å². The molecule has 1 N–H and O–H groups in total. The quantitative estimate of drug-likeness (QED) is 0.241. The second kappa shape index (κ2) is 10.1. The Bertz CT molecular complexity index is 1390. The Labute approximate surface area is 210 Å². The van der Waals surface area contributed by atoms with Gasteiger partial charge in [-0.25, -0.2) is 23.1 Å². The predicted molar refractivity (Wildman–Crippen MR) is 126 cm³/mol. The van der Waals surface area contributed by atoms with Crippen molar-refractivity contribution in [3.8, 4) is 0 Å². The molecule has 1 saturated carbocycles. The standard InChI is InChI=1S/C24H24F2N8O3/c25-18-5-8-21(22(26)9-18)24(35,14-33-16-27-15-28-33)13-31(20-6-7-20)11-19-12-32(30-29-19)10-17-3-1-2-4-23(17)34(36)37/h1-5,8-9,12,15-16,20,35H,6-7,10-11,13-14H2. The van der Waals surface area contributed by atoms with Crippen LogP contribution in [0.25, 0.3) is 0 Å². The van der Waals surface area contributed by atoms with E-state index >= 15 is 0 Å². The van der Waals surface area contributed by atoms with Crippen molar-refractivity contribution in [2.24, 2.45) is 0 Å². The summed E-state index contributed by atoms with van der Waals surface area (Å²) in [5.41, 5.74) is -0.701. The van der Waals surface area contributed by atoms with Crippen molar-refractivity contribution in [3.05, 3.63) is 99.9 Å². The monoisotopic (exact) mass is 510 g/mol. The maximum absolute atomic E-state index is 14.8. The van der Waals surface area contributed by atoms with Gasteiger partial charge in [-0.05, 0) is 18.9 Å². The minimum absolute atomic E-state index is 0.00124. The molecule has 2 heterocycles. The maximum atomic E-state index is 14.8. The molecule has 37 heavy (non-hydrogen) atoms. The molecule has 13 heteroatoms. The zero-order valence-electron chi connectivity index (χ0n) is 19.7. The van der Waals surface area contributed by atoms with Gasteiger partial charge in [-0.2, -0.15) is 5.10 Å². The summed E-state index contributed by atoms with van der Waals surface area (Å²) in [4.78, 5) is 16.8. The number of para-hydroxylation sites is 1. The van der Waals surface area contributed by atoms with E-state index in [9.17, 15) is 24.0 Å². The van der Waals surface area contributed by atoms with Crippen LogP contribution in [-0.2, 0) is 25.2 Å². The third kappa shape index (κ3) is 5.67. The van der Waals surface area contributed by atoms with E-state index in [4.69, 9.17) is 0 Å². The minimum Gasteiger partial charge on any atom is -0.382 e. The Hall–Kier alpha value is -4.10. The van der Waals surface area contributed by atoms with Gasteiger partial charge in [0, 0.05) is 36.8 Å². The summed E-state index contributed by atoms with van der Waals surface area (Å²) < 4.78 is 31.4. The molecule has 1 aliphatic rings. The van der Waals surface area contributed by atoms with E-state index in [1.807, 2.05) is 4.90 Å². The van der Waals surface area contributed by atoms with E-state index in [1.54, 1.807) is 24.4 Å². The largest absolute Gasteiger partial charge is 0.382 e. The number of hydrogen-bond acceptors (Lipinski definition) is 8. The second-order valence-electron chi connectivity index (χ2n) is 9.18. The Kier molecular flexibility index (Phi) is 6.72. The first-order valence-electron chi connectivity index (χ1n) is 11.7. The lowest BCUT2D eigenvalue weighted by atomic mass is 9.92. The van der Waals surface area contributed by atoms with E-state index in [0.29, 0.717) is 17.8 Å². The first kappa shape index (κ1) is 24.6. The average molecular weight is 511 g/mol. The minimum atomic E-state index is -1.74. The Morgan fingerprint density at radius 2 is 2.00 bits per heavy atom. The van der Waals surface area contributed by atoms with E-state index in [1.165, 1.54) is 34.2 Å². The molecule has 0 aliphatic heterocycles. The summed E-state index contributed by atoms with van der Waals surface area (Å²) in [6.07, 6.45) is 6.23. The highest BCUT2D eigenvalue weighted by atomic mass is 19.1. The van der Waals surface area contributed by atoms with Crippen LogP contribution in [0.4, 0.5) is 14.5 Å². The lowest BCUT2D eigenvalue weighted by molar-refractivity contribution is -0.385. The summed E-state index contributed by atoms with van der Waals surface area (Å²) in [7, 11) is 0. The fourth-order valence-electron chi connectivity index (χ4n) is 4.45. The number of hydrogen-bond donors (Lipinski definition) is 1. The molecule has 1 aliphatic carbocycles. The molecule has 192 valence electrons. The predicted octanol–water partition coefficient (Wildman–Crippen LogP) is 2.66. The van der Waals surface area contributed by atoms with Crippen LogP contribution in [-0.4, -0.2) is 57.3 Å². The molecule has 5 rings (SSSR count). The van der Waals surface area contributed by atoms with Crippen LogP contribution in [0, 0.1) is 21.7 Å². The normalized spacial score (nSPS) is 15.1. The van der Waals surface area contributed by atoms with E-state index in [2.05, 4.69) is 20.4 Å². The van der Waals surface area contributed by atoms with Gasteiger partial charge in [-0.3, -0.25) is 15.0 Å². The van der Waals surface area contributed by atoms with Gasteiger partial charge >= 0.3 is 0 Å². The first-order valence-corrected chi connectivity index (χ1v) is 11.7. The van der Waals surface area contributed by atoms with Gasteiger partial charge in [0.1, 0.15) is 29.9 Å². The van der Waals surface area contributed by atoms with Gasteiger partial charge in [-0.15, -0.1) is 5.10 Å². The zero-order valence-corrected chi connectivity index (χ0v) is 19.7. The highest BCUT2D eigenvalue weighted by Gasteiger charge is 2.40. The summed E-state index contributed by atoms with van der Waals surface area (Å²) in [5.74, 6) is -1.59. The summed E-state index contributed by atoms with van der Waals surface area (Å²) in [6, 6.07) is 9.68. The van der Waals surface area contributed by atoms with Gasteiger partial charge in [0.25, 0.3) is 5.69 Å². The van der Waals surface area contributed by atoms with Crippen LogP contribution in [0.2, 0.25) is 0 Å². The van der Waals surface area contributed by atoms with E-state index in [-0.39, 0.29) is 36.9 Å². The van der Waals surface area contributed by atoms with E-state index in [0.717, 1.165) is 25.0 Å². The first-order chi connectivity index (χ1) is 17.8.